The largest absolute Gasteiger partial charge is 0.381 e. The number of piperidine rings is 1. The van der Waals surface area contributed by atoms with E-state index in [2.05, 4.69) is 17.1 Å². The van der Waals surface area contributed by atoms with Gasteiger partial charge in [-0.3, -0.25) is 0 Å². The van der Waals surface area contributed by atoms with Crippen LogP contribution in [0, 0.1) is 11.7 Å². The van der Waals surface area contributed by atoms with Crippen molar-refractivity contribution >= 4 is 0 Å². The molecule has 0 aliphatic carbocycles. The highest BCUT2D eigenvalue weighted by atomic mass is 19.1. The fourth-order valence-electron chi connectivity index (χ4n) is 3.83. The van der Waals surface area contributed by atoms with Crippen molar-refractivity contribution in [3.05, 3.63) is 35.6 Å². The Kier molecular flexibility index (Phi) is 6.03. The van der Waals surface area contributed by atoms with Gasteiger partial charge in [0.15, 0.2) is 0 Å². The monoisotopic (exact) mass is 320 g/mol. The lowest BCUT2D eigenvalue weighted by Gasteiger charge is -2.35. The summed E-state index contributed by atoms with van der Waals surface area (Å²) in [5.74, 6) is 0.647. The van der Waals surface area contributed by atoms with Crippen LogP contribution >= 0.6 is 0 Å². The average Bonchev–Trinajstić information content (AvgIpc) is 3.04. The standard InChI is InChI=1S/C19H29FN2O/c1-15(12-17-4-2-3-5-19(17)20)21-18-6-9-22(10-7-18)13-16-8-11-23-14-16/h2-5,15-16,18,21H,6-14H2,1H3/t15-,16+/m1/s1. The molecule has 128 valence electrons. The highest BCUT2D eigenvalue weighted by Crippen LogP contribution is 2.18. The second-order valence-electron chi connectivity index (χ2n) is 7.17. The fourth-order valence-corrected chi connectivity index (χ4v) is 3.83. The van der Waals surface area contributed by atoms with Gasteiger partial charge in [0.2, 0.25) is 0 Å². The second kappa shape index (κ2) is 8.22. The number of halogens is 1. The number of nitrogens with zero attached hydrogens (tertiary/aromatic N) is 1. The molecular weight excluding hydrogens is 291 g/mol. The van der Waals surface area contributed by atoms with Crippen LogP contribution in [0.5, 0.6) is 0 Å². The zero-order valence-electron chi connectivity index (χ0n) is 14.1. The lowest BCUT2D eigenvalue weighted by Crippen LogP contribution is -2.47. The summed E-state index contributed by atoms with van der Waals surface area (Å²) in [5, 5.41) is 3.69. The van der Waals surface area contributed by atoms with E-state index in [4.69, 9.17) is 4.74 Å². The lowest BCUT2D eigenvalue weighted by atomic mass is 10.00. The molecule has 2 aliphatic rings. The van der Waals surface area contributed by atoms with Crippen molar-refractivity contribution in [3.8, 4) is 0 Å². The zero-order chi connectivity index (χ0) is 16.1. The average molecular weight is 320 g/mol. The van der Waals surface area contributed by atoms with E-state index in [9.17, 15) is 4.39 Å². The first-order valence-corrected chi connectivity index (χ1v) is 9.00. The molecule has 2 atom stereocenters. The maximum atomic E-state index is 13.7. The third-order valence-electron chi connectivity index (χ3n) is 5.13. The number of ether oxygens (including phenoxy) is 1. The van der Waals surface area contributed by atoms with Crippen molar-refractivity contribution < 1.29 is 9.13 Å². The molecule has 0 unspecified atom stereocenters. The van der Waals surface area contributed by atoms with Crippen molar-refractivity contribution in [3.63, 3.8) is 0 Å². The summed E-state index contributed by atoms with van der Waals surface area (Å²) in [6.07, 6.45) is 4.36. The molecule has 1 aromatic carbocycles. The molecule has 1 N–H and O–H groups in total. The van der Waals surface area contributed by atoms with Crippen LogP contribution in [-0.4, -0.2) is 49.8 Å². The van der Waals surface area contributed by atoms with Crippen LogP contribution in [0.2, 0.25) is 0 Å². The maximum absolute atomic E-state index is 13.7. The highest BCUT2D eigenvalue weighted by Gasteiger charge is 2.24. The summed E-state index contributed by atoms with van der Waals surface area (Å²) in [6, 6.07) is 7.98. The molecule has 1 aromatic rings. The number of likely N-dealkylation sites (tertiary alicyclic amines) is 1. The topological polar surface area (TPSA) is 24.5 Å². The SMILES string of the molecule is C[C@H](Cc1ccccc1F)NC1CCN(C[C@@H]2CCOC2)CC1. The summed E-state index contributed by atoms with van der Waals surface area (Å²) >= 11 is 0. The van der Waals surface area contributed by atoms with Gasteiger partial charge in [-0.05, 0) is 63.2 Å². The molecule has 0 aromatic heterocycles. The molecule has 0 radical (unpaired) electrons. The van der Waals surface area contributed by atoms with Crippen LogP contribution in [0.4, 0.5) is 4.39 Å². The van der Waals surface area contributed by atoms with E-state index in [0.717, 1.165) is 31.1 Å². The summed E-state index contributed by atoms with van der Waals surface area (Å²) in [4.78, 5) is 2.58. The Balaban J connectivity index is 1.39. The van der Waals surface area contributed by atoms with Gasteiger partial charge in [0.1, 0.15) is 5.82 Å². The quantitative estimate of drug-likeness (QED) is 0.872. The fraction of sp³-hybridized carbons (Fsp3) is 0.684. The van der Waals surface area contributed by atoms with E-state index in [0.29, 0.717) is 12.1 Å². The van der Waals surface area contributed by atoms with Gasteiger partial charge in [-0.1, -0.05) is 18.2 Å². The van der Waals surface area contributed by atoms with Crippen molar-refractivity contribution in [1.29, 1.82) is 0 Å². The molecule has 2 fully saturated rings. The summed E-state index contributed by atoms with van der Waals surface area (Å²) in [7, 11) is 0. The van der Waals surface area contributed by atoms with Gasteiger partial charge in [0, 0.05) is 25.2 Å². The number of nitrogens with one attached hydrogen (secondary N) is 1. The molecule has 2 saturated heterocycles. The van der Waals surface area contributed by atoms with E-state index >= 15 is 0 Å². The van der Waals surface area contributed by atoms with Crippen molar-refractivity contribution in [2.45, 2.75) is 44.7 Å². The predicted octanol–water partition coefficient (Wildman–Crippen LogP) is 2.85. The normalized spacial score (nSPS) is 24.9. The minimum absolute atomic E-state index is 0.0882. The molecule has 4 heteroatoms. The third kappa shape index (κ3) is 5.00. The first kappa shape index (κ1) is 16.9. The van der Waals surface area contributed by atoms with Gasteiger partial charge in [0.25, 0.3) is 0 Å². The zero-order valence-corrected chi connectivity index (χ0v) is 14.1. The summed E-state index contributed by atoms with van der Waals surface area (Å²) in [5.41, 5.74) is 0.811. The Hall–Kier alpha value is -0.970. The Bertz CT molecular complexity index is 482. The predicted molar refractivity (Wildman–Crippen MR) is 91.1 cm³/mol. The van der Waals surface area contributed by atoms with E-state index in [1.807, 2.05) is 12.1 Å². The van der Waals surface area contributed by atoms with Crippen molar-refractivity contribution in [2.24, 2.45) is 5.92 Å². The Morgan fingerprint density at radius 1 is 1.26 bits per heavy atom. The highest BCUT2D eigenvalue weighted by molar-refractivity contribution is 5.18. The van der Waals surface area contributed by atoms with E-state index < -0.39 is 0 Å². The summed E-state index contributed by atoms with van der Waals surface area (Å²) < 4.78 is 19.2. The first-order chi connectivity index (χ1) is 11.2. The molecule has 3 rings (SSSR count). The molecule has 0 bridgehead atoms. The summed E-state index contributed by atoms with van der Waals surface area (Å²) in [6.45, 7) is 7.57. The van der Waals surface area contributed by atoms with Crippen LogP contribution in [0.25, 0.3) is 0 Å². The lowest BCUT2D eigenvalue weighted by molar-refractivity contribution is 0.145. The van der Waals surface area contributed by atoms with Crippen LogP contribution < -0.4 is 5.32 Å². The molecule has 0 amide bonds. The molecule has 0 saturated carbocycles. The Morgan fingerprint density at radius 3 is 2.74 bits per heavy atom. The van der Waals surface area contributed by atoms with E-state index in [1.54, 1.807) is 12.1 Å². The molecule has 2 heterocycles. The minimum Gasteiger partial charge on any atom is -0.381 e. The van der Waals surface area contributed by atoms with Crippen molar-refractivity contribution in [1.82, 2.24) is 10.2 Å². The minimum atomic E-state index is -0.0882. The third-order valence-corrected chi connectivity index (χ3v) is 5.13. The van der Waals surface area contributed by atoms with Crippen molar-refractivity contribution in [2.75, 3.05) is 32.8 Å². The smallest absolute Gasteiger partial charge is 0.126 e. The van der Waals surface area contributed by atoms with Gasteiger partial charge in [0.05, 0.1) is 6.61 Å². The van der Waals surface area contributed by atoms with Gasteiger partial charge in [-0.25, -0.2) is 4.39 Å². The van der Waals surface area contributed by atoms with Gasteiger partial charge in [-0.15, -0.1) is 0 Å². The van der Waals surface area contributed by atoms with Crippen LogP contribution in [0.15, 0.2) is 24.3 Å². The second-order valence-corrected chi connectivity index (χ2v) is 7.17. The van der Waals surface area contributed by atoms with E-state index in [1.165, 1.54) is 38.9 Å². The number of hydrogen-bond acceptors (Lipinski definition) is 3. The molecule has 23 heavy (non-hydrogen) atoms. The Morgan fingerprint density at radius 2 is 2.04 bits per heavy atom. The van der Waals surface area contributed by atoms with Crippen LogP contribution in [0.1, 0.15) is 31.7 Å². The molecule has 2 aliphatic heterocycles. The van der Waals surface area contributed by atoms with Gasteiger partial charge < -0.3 is 15.0 Å². The van der Waals surface area contributed by atoms with E-state index in [-0.39, 0.29) is 5.82 Å². The molecule has 3 nitrogen and oxygen atoms in total. The Labute approximate surface area is 139 Å². The van der Waals surface area contributed by atoms with Crippen LogP contribution in [-0.2, 0) is 11.2 Å². The van der Waals surface area contributed by atoms with Gasteiger partial charge in [-0.2, -0.15) is 0 Å². The first-order valence-electron chi connectivity index (χ1n) is 9.00. The number of benzene rings is 1. The molecule has 0 spiro atoms. The maximum Gasteiger partial charge on any atom is 0.126 e. The number of rotatable bonds is 6. The molecular formula is C19H29FN2O. The van der Waals surface area contributed by atoms with Crippen LogP contribution in [0.3, 0.4) is 0 Å². The number of hydrogen-bond donors (Lipinski definition) is 1. The van der Waals surface area contributed by atoms with Gasteiger partial charge >= 0.3 is 0 Å².